The molecule has 1 amide bonds. The number of rotatable bonds is 4. The molecule has 1 unspecified atom stereocenters. The van der Waals surface area contributed by atoms with Crippen molar-refractivity contribution in [3.05, 3.63) is 59.7 Å². The molecule has 0 spiro atoms. The van der Waals surface area contributed by atoms with Crippen LogP contribution in [0.15, 0.2) is 48.5 Å². The Morgan fingerprint density at radius 1 is 1.12 bits per heavy atom. The smallest absolute Gasteiger partial charge is 0.407 e. The van der Waals surface area contributed by atoms with Gasteiger partial charge in [0.1, 0.15) is 18.8 Å². The fourth-order valence-electron chi connectivity index (χ4n) is 3.76. The van der Waals surface area contributed by atoms with Crippen molar-refractivity contribution in [3.63, 3.8) is 0 Å². The van der Waals surface area contributed by atoms with Gasteiger partial charge < -0.3 is 25.0 Å². The molecule has 0 saturated carbocycles. The van der Waals surface area contributed by atoms with Gasteiger partial charge in [0.05, 0.1) is 19.3 Å². The number of aliphatic hydroxyl groups is 2. The minimum Gasteiger partial charge on any atom is -0.449 e. The summed E-state index contributed by atoms with van der Waals surface area (Å²) in [6, 6.07) is 15.7. The van der Waals surface area contributed by atoms with E-state index in [-0.39, 0.29) is 25.7 Å². The molecule has 6 heteroatoms. The van der Waals surface area contributed by atoms with Gasteiger partial charge in [-0.15, -0.1) is 0 Å². The predicted octanol–water partition coefficient (Wildman–Crippen LogP) is 1.65. The minimum absolute atomic E-state index is 0.0110. The molecule has 3 N–H and O–H groups in total. The van der Waals surface area contributed by atoms with Crippen LogP contribution in [0.4, 0.5) is 4.79 Å². The zero-order valence-corrected chi connectivity index (χ0v) is 14.2. The molecule has 26 heavy (non-hydrogen) atoms. The first kappa shape index (κ1) is 17.0. The van der Waals surface area contributed by atoms with E-state index in [1.165, 1.54) is 11.1 Å². The lowest BCUT2D eigenvalue weighted by Gasteiger charge is -2.18. The topological polar surface area (TPSA) is 88.0 Å². The lowest BCUT2D eigenvalue weighted by molar-refractivity contribution is 0.00270. The molecule has 0 bridgehead atoms. The third kappa shape index (κ3) is 2.96. The second-order valence-corrected chi connectivity index (χ2v) is 6.62. The van der Waals surface area contributed by atoms with E-state index in [0.29, 0.717) is 0 Å². The molecule has 3 atom stereocenters. The van der Waals surface area contributed by atoms with Crippen LogP contribution in [0.25, 0.3) is 11.1 Å². The summed E-state index contributed by atoms with van der Waals surface area (Å²) >= 11 is 0. The molecule has 1 heterocycles. The fraction of sp³-hybridized carbons (Fsp3) is 0.350. The number of amides is 1. The van der Waals surface area contributed by atoms with Crippen molar-refractivity contribution in [3.8, 4) is 11.1 Å². The standard InChI is InChI=1S/C20H21NO5/c22-9-18-19(23)17(11-25-18)21-20(24)26-10-16-14-7-3-1-5-12(14)13-6-2-4-8-15(13)16/h1-8,16-19,22-23H,9-11H2,(H,21,24)/t17-,18-,19?/m1/s1. The van der Waals surface area contributed by atoms with Gasteiger partial charge in [-0.2, -0.15) is 0 Å². The Morgan fingerprint density at radius 3 is 2.31 bits per heavy atom. The molecular formula is C20H21NO5. The Labute approximate surface area is 151 Å². The third-order valence-corrected chi connectivity index (χ3v) is 5.11. The Hall–Kier alpha value is -2.41. The van der Waals surface area contributed by atoms with Gasteiger partial charge in [0.2, 0.25) is 0 Å². The van der Waals surface area contributed by atoms with Crippen molar-refractivity contribution in [1.82, 2.24) is 5.32 Å². The van der Waals surface area contributed by atoms with E-state index in [9.17, 15) is 9.90 Å². The number of carbonyl (C=O) groups is 1. The second kappa shape index (κ2) is 7.07. The maximum atomic E-state index is 12.2. The molecule has 2 aromatic carbocycles. The summed E-state index contributed by atoms with van der Waals surface area (Å²) in [7, 11) is 0. The van der Waals surface area contributed by atoms with E-state index in [0.717, 1.165) is 11.1 Å². The molecule has 4 rings (SSSR count). The lowest BCUT2D eigenvalue weighted by Crippen LogP contribution is -2.45. The van der Waals surface area contributed by atoms with Crippen LogP contribution in [-0.2, 0) is 9.47 Å². The zero-order valence-electron chi connectivity index (χ0n) is 14.2. The number of hydrogen-bond acceptors (Lipinski definition) is 5. The molecule has 1 saturated heterocycles. The average molecular weight is 355 g/mol. The minimum atomic E-state index is -0.944. The van der Waals surface area contributed by atoms with Crippen LogP contribution in [0.5, 0.6) is 0 Å². The van der Waals surface area contributed by atoms with Crippen molar-refractivity contribution in [2.75, 3.05) is 19.8 Å². The van der Waals surface area contributed by atoms with Gasteiger partial charge >= 0.3 is 6.09 Å². The highest BCUT2D eigenvalue weighted by atomic mass is 16.6. The van der Waals surface area contributed by atoms with Gasteiger partial charge in [0.15, 0.2) is 0 Å². The number of ether oxygens (including phenoxy) is 2. The number of carbonyl (C=O) groups excluding carboxylic acids is 1. The molecule has 6 nitrogen and oxygen atoms in total. The van der Waals surface area contributed by atoms with Gasteiger partial charge in [-0.1, -0.05) is 48.5 Å². The van der Waals surface area contributed by atoms with Crippen LogP contribution in [-0.4, -0.2) is 54.4 Å². The van der Waals surface area contributed by atoms with Gasteiger partial charge in [0, 0.05) is 5.92 Å². The van der Waals surface area contributed by atoms with Gasteiger partial charge in [-0.05, 0) is 22.3 Å². The number of fused-ring (bicyclic) bond motifs is 3. The Bertz CT molecular complexity index is 763. The van der Waals surface area contributed by atoms with Gasteiger partial charge in [-0.3, -0.25) is 0 Å². The molecule has 136 valence electrons. The highest BCUT2D eigenvalue weighted by Gasteiger charge is 2.37. The summed E-state index contributed by atoms with van der Waals surface area (Å²) in [5.74, 6) is -0.0110. The molecule has 1 aliphatic carbocycles. The van der Waals surface area contributed by atoms with Crippen LogP contribution in [0, 0.1) is 0 Å². The molecule has 2 aliphatic rings. The summed E-state index contributed by atoms with van der Waals surface area (Å²) in [5, 5.41) is 21.7. The van der Waals surface area contributed by atoms with Gasteiger partial charge in [0.25, 0.3) is 0 Å². The van der Waals surface area contributed by atoms with E-state index in [1.54, 1.807) is 0 Å². The summed E-state index contributed by atoms with van der Waals surface area (Å²) in [6.07, 6.45) is -2.22. The number of alkyl carbamates (subject to hydrolysis) is 1. The summed E-state index contributed by atoms with van der Waals surface area (Å²) in [6.45, 7) is 0.0770. The summed E-state index contributed by atoms with van der Waals surface area (Å²) in [4.78, 5) is 12.2. The first-order chi connectivity index (χ1) is 12.7. The van der Waals surface area contributed by atoms with E-state index in [1.807, 2.05) is 24.3 Å². The second-order valence-electron chi connectivity index (χ2n) is 6.62. The van der Waals surface area contributed by atoms with Crippen LogP contribution in [0.1, 0.15) is 17.0 Å². The van der Waals surface area contributed by atoms with Crippen molar-refractivity contribution in [2.45, 2.75) is 24.2 Å². The van der Waals surface area contributed by atoms with Crippen LogP contribution in [0.3, 0.4) is 0 Å². The maximum Gasteiger partial charge on any atom is 0.407 e. The molecule has 0 radical (unpaired) electrons. The highest BCUT2D eigenvalue weighted by Crippen LogP contribution is 2.44. The van der Waals surface area contributed by atoms with Gasteiger partial charge in [-0.25, -0.2) is 4.79 Å². The van der Waals surface area contributed by atoms with E-state index in [2.05, 4.69) is 29.6 Å². The van der Waals surface area contributed by atoms with Crippen LogP contribution < -0.4 is 5.32 Å². The van der Waals surface area contributed by atoms with Crippen molar-refractivity contribution in [2.24, 2.45) is 0 Å². The normalized spacial score (nSPS) is 24.2. The Balaban J connectivity index is 1.43. The van der Waals surface area contributed by atoms with Crippen LogP contribution in [0.2, 0.25) is 0 Å². The highest BCUT2D eigenvalue weighted by molar-refractivity contribution is 5.79. The first-order valence-corrected chi connectivity index (χ1v) is 8.71. The number of nitrogens with one attached hydrogen (secondary N) is 1. The summed E-state index contributed by atoms with van der Waals surface area (Å²) < 4.78 is 10.7. The van der Waals surface area contributed by atoms with Crippen molar-refractivity contribution in [1.29, 1.82) is 0 Å². The van der Waals surface area contributed by atoms with Crippen LogP contribution >= 0.6 is 0 Å². The van der Waals surface area contributed by atoms with Crippen molar-refractivity contribution < 1.29 is 24.5 Å². The lowest BCUT2D eigenvalue weighted by atomic mass is 9.98. The molecule has 1 aliphatic heterocycles. The quantitative estimate of drug-likeness (QED) is 0.776. The molecular weight excluding hydrogens is 334 g/mol. The third-order valence-electron chi connectivity index (χ3n) is 5.11. The molecule has 2 aromatic rings. The monoisotopic (exact) mass is 355 g/mol. The largest absolute Gasteiger partial charge is 0.449 e. The molecule has 0 aromatic heterocycles. The molecule has 1 fully saturated rings. The van der Waals surface area contributed by atoms with E-state index in [4.69, 9.17) is 14.6 Å². The number of hydrogen-bond donors (Lipinski definition) is 3. The first-order valence-electron chi connectivity index (χ1n) is 8.71. The van der Waals surface area contributed by atoms with E-state index >= 15 is 0 Å². The zero-order chi connectivity index (χ0) is 18.1. The maximum absolute atomic E-state index is 12.2. The van der Waals surface area contributed by atoms with E-state index < -0.39 is 24.3 Å². The summed E-state index contributed by atoms with van der Waals surface area (Å²) in [5.41, 5.74) is 4.63. The Kier molecular flexibility index (Phi) is 4.63. The fourth-order valence-corrected chi connectivity index (χ4v) is 3.76. The average Bonchev–Trinajstić information content (AvgIpc) is 3.18. The number of benzene rings is 2. The predicted molar refractivity (Wildman–Crippen MR) is 94.8 cm³/mol. The SMILES string of the molecule is O=C(N[C@@H]1CO[C@H](CO)C1O)OCC1c2ccccc2-c2ccccc21. The number of aliphatic hydroxyl groups excluding tert-OH is 2. The van der Waals surface area contributed by atoms with Crippen molar-refractivity contribution >= 4 is 6.09 Å². The Morgan fingerprint density at radius 2 is 1.73 bits per heavy atom.